The van der Waals surface area contributed by atoms with Crippen LogP contribution in [0.2, 0.25) is 0 Å². The molecule has 2 unspecified atom stereocenters. The Hall–Kier alpha value is -1.38. The van der Waals surface area contributed by atoms with E-state index in [9.17, 15) is 9.90 Å². The van der Waals surface area contributed by atoms with Gasteiger partial charge in [0.2, 0.25) is 0 Å². The fourth-order valence-electron chi connectivity index (χ4n) is 2.22. The second-order valence-electron chi connectivity index (χ2n) is 5.31. The third kappa shape index (κ3) is 4.05. The first-order chi connectivity index (χ1) is 10.0. The number of carbonyl (C=O) groups excluding carboxylic acids is 1. The highest BCUT2D eigenvalue weighted by molar-refractivity contribution is 7.18. The van der Waals surface area contributed by atoms with Crippen molar-refractivity contribution in [1.82, 2.24) is 10.3 Å². The summed E-state index contributed by atoms with van der Waals surface area (Å²) in [7, 11) is 0. The van der Waals surface area contributed by atoms with Crippen LogP contribution in [0.15, 0.2) is 0 Å². The Balaban J connectivity index is 1.93. The second-order valence-corrected chi connectivity index (χ2v) is 6.29. The van der Waals surface area contributed by atoms with Crippen LogP contribution in [-0.4, -0.2) is 47.8 Å². The zero-order valence-electron chi connectivity index (χ0n) is 12.2. The Labute approximate surface area is 128 Å². The summed E-state index contributed by atoms with van der Waals surface area (Å²) in [5.41, 5.74) is 11.7. The topological polar surface area (TPSA) is 118 Å². The van der Waals surface area contributed by atoms with Crippen molar-refractivity contribution in [2.45, 2.75) is 38.3 Å². The third-order valence-corrected chi connectivity index (χ3v) is 4.71. The fraction of sp³-hybridized carbons (Fsp3) is 0.692. The molecule has 1 fully saturated rings. The molecule has 0 bridgehead atoms. The van der Waals surface area contributed by atoms with Gasteiger partial charge in [-0.05, 0) is 19.3 Å². The summed E-state index contributed by atoms with van der Waals surface area (Å²) < 4.78 is 0. The van der Waals surface area contributed by atoms with Crippen LogP contribution < -0.4 is 21.7 Å². The highest BCUT2D eigenvalue weighted by atomic mass is 32.1. The van der Waals surface area contributed by atoms with Gasteiger partial charge < -0.3 is 26.8 Å². The van der Waals surface area contributed by atoms with E-state index < -0.39 is 0 Å². The minimum Gasteiger partial charge on any atom is -0.393 e. The molecule has 0 saturated carbocycles. The summed E-state index contributed by atoms with van der Waals surface area (Å²) in [6.07, 6.45) is 1.76. The van der Waals surface area contributed by atoms with Gasteiger partial charge in [0.1, 0.15) is 10.7 Å². The van der Waals surface area contributed by atoms with E-state index in [1.54, 1.807) is 0 Å². The lowest BCUT2D eigenvalue weighted by Crippen LogP contribution is -2.27. The SMILES string of the molecule is CCC(O)CCNC(=O)c1sc(N2CCC(N)C2)nc1N. The molecule has 1 aliphatic heterocycles. The predicted molar refractivity (Wildman–Crippen MR) is 84.6 cm³/mol. The van der Waals surface area contributed by atoms with Crippen LogP contribution in [0.5, 0.6) is 0 Å². The van der Waals surface area contributed by atoms with Gasteiger partial charge in [-0.25, -0.2) is 4.98 Å². The summed E-state index contributed by atoms with van der Waals surface area (Å²) in [6.45, 7) is 3.92. The Bertz CT molecular complexity index is 493. The predicted octanol–water partition coefficient (Wildman–Crippen LogP) is 0.154. The normalized spacial score (nSPS) is 19.8. The van der Waals surface area contributed by atoms with Crippen LogP contribution in [0, 0.1) is 0 Å². The van der Waals surface area contributed by atoms with E-state index in [0.29, 0.717) is 24.3 Å². The molecule has 2 rings (SSSR count). The number of nitrogens with zero attached hydrogens (tertiary/aromatic N) is 2. The molecular weight excluding hydrogens is 290 g/mol. The molecule has 0 radical (unpaired) electrons. The first-order valence-electron chi connectivity index (χ1n) is 7.24. The van der Waals surface area contributed by atoms with Crippen LogP contribution >= 0.6 is 11.3 Å². The van der Waals surface area contributed by atoms with Crippen LogP contribution in [0.3, 0.4) is 0 Å². The maximum Gasteiger partial charge on any atom is 0.265 e. The lowest BCUT2D eigenvalue weighted by atomic mass is 10.2. The van der Waals surface area contributed by atoms with Gasteiger partial charge in [-0.1, -0.05) is 18.3 Å². The van der Waals surface area contributed by atoms with E-state index in [4.69, 9.17) is 11.5 Å². The summed E-state index contributed by atoms with van der Waals surface area (Å²) in [6, 6.07) is 0.155. The molecular formula is C13H23N5O2S. The Morgan fingerprint density at radius 1 is 1.67 bits per heavy atom. The molecule has 1 aliphatic rings. The van der Waals surface area contributed by atoms with Crippen LogP contribution in [0.25, 0.3) is 0 Å². The smallest absolute Gasteiger partial charge is 0.265 e. The number of nitrogens with one attached hydrogen (secondary N) is 1. The van der Waals surface area contributed by atoms with Crippen molar-refractivity contribution in [1.29, 1.82) is 0 Å². The minimum atomic E-state index is -0.384. The molecule has 2 heterocycles. The van der Waals surface area contributed by atoms with Crippen LogP contribution in [-0.2, 0) is 0 Å². The van der Waals surface area contributed by atoms with E-state index in [0.717, 1.165) is 24.6 Å². The van der Waals surface area contributed by atoms with Crippen molar-refractivity contribution in [3.63, 3.8) is 0 Å². The number of rotatable bonds is 6. The van der Waals surface area contributed by atoms with Crippen LogP contribution in [0.4, 0.5) is 10.9 Å². The lowest BCUT2D eigenvalue weighted by Gasteiger charge is -2.12. The van der Waals surface area contributed by atoms with Gasteiger partial charge in [0.15, 0.2) is 5.13 Å². The fourth-order valence-corrected chi connectivity index (χ4v) is 3.15. The molecule has 118 valence electrons. The average Bonchev–Trinajstić information content (AvgIpc) is 3.04. The number of aromatic nitrogens is 1. The van der Waals surface area contributed by atoms with E-state index in [-0.39, 0.29) is 23.9 Å². The van der Waals surface area contributed by atoms with Crippen molar-refractivity contribution in [3.05, 3.63) is 4.88 Å². The quantitative estimate of drug-likeness (QED) is 0.594. The zero-order valence-corrected chi connectivity index (χ0v) is 13.0. The zero-order chi connectivity index (χ0) is 15.4. The monoisotopic (exact) mass is 313 g/mol. The highest BCUT2D eigenvalue weighted by Crippen LogP contribution is 2.30. The molecule has 21 heavy (non-hydrogen) atoms. The van der Waals surface area contributed by atoms with Gasteiger partial charge >= 0.3 is 0 Å². The van der Waals surface area contributed by atoms with Gasteiger partial charge in [-0.3, -0.25) is 4.79 Å². The molecule has 1 saturated heterocycles. The standard InChI is InChI=1S/C13H23N5O2S/c1-2-9(19)3-5-16-12(20)10-11(15)17-13(21-10)18-6-4-8(14)7-18/h8-9,19H,2-7,14-15H2,1H3,(H,16,20). The second kappa shape index (κ2) is 7.06. The van der Waals surface area contributed by atoms with Crippen molar-refractivity contribution >= 4 is 28.2 Å². The lowest BCUT2D eigenvalue weighted by molar-refractivity contribution is 0.0946. The first kappa shape index (κ1) is 16.0. The summed E-state index contributed by atoms with van der Waals surface area (Å²) in [5.74, 6) is 0.0204. The average molecular weight is 313 g/mol. The summed E-state index contributed by atoms with van der Waals surface area (Å²) >= 11 is 1.29. The maximum absolute atomic E-state index is 12.1. The molecule has 0 aromatic carbocycles. The minimum absolute atomic E-state index is 0.155. The number of aliphatic hydroxyl groups excluding tert-OH is 1. The first-order valence-corrected chi connectivity index (χ1v) is 8.06. The summed E-state index contributed by atoms with van der Waals surface area (Å²) in [5, 5.41) is 13.0. The summed E-state index contributed by atoms with van der Waals surface area (Å²) in [4.78, 5) is 18.8. The Kier molecular flexibility index (Phi) is 5.38. The van der Waals surface area contributed by atoms with E-state index in [2.05, 4.69) is 15.2 Å². The third-order valence-electron chi connectivity index (χ3n) is 3.58. The van der Waals surface area contributed by atoms with Gasteiger partial charge in [0.05, 0.1) is 6.10 Å². The van der Waals surface area contributed by atoms with Gasteiger partial charge in [-0.15, -0.1) is 0 Å². The molecule has 2 atom stereocenters. The number of carbonyl (C=O) groups is 1. The molecule has 1 aromatic rings. The number of hydrogen-bond donors (Lipinski definition) is 4. The van der Waals surface area contributed by atoms with Crippen molar-refractivity contribution in [2.24, 2.45) is 5.73 Å². The maximum atomic E-state index is 12.1. The molecule has 1 aromatic heterocycles. The van der Waals surface area contributed by atoms with E-state index >= 15 is 0 Å². The number of hydrogen-bond acceptors (Lipinski definition) is 7. The molecule has 0 aliphatic carbocycles. The number of anilines is 2. The number of thiazole rings is 1. The molecule has 6 N–H and O–H groups in total. The van der Waals surface area contributed by atoms with E-state index in [1.807, 2.05) is 6.92 Å². The van der Waals surface area contributed by atoms with Gasteiger partial charge in [0.25, 0.3) is 5.91 Å². The number of amides is 1. The molecule has 0 spiro atoms. The van der Waals surface area contributed by atoms with Gasteiger partial charge in [-0.2, -0.15) is 0 Å². The van der Waals surface area contributed by atoms with Gasteiger partial charge in [0, 0.05) is 25.7 Å². The van der Waals surface area contributed by atoms with Crippen molar-refractivity contribution in [2.75, 3.05) is 30.3 Å². The Morgan fingerprint density at radius 3 is 3.05 bits per heavy atom. The number of nitrogens with two attached hydrogens (primary N) is 2. The Morgan fingerprint density at radius 2 is 2.43 bits per heavy atom. The molecule has 1 amide bonds. The molecule has 7 nitrogen and oxygen atoms in total. The largest absolute Gasteiger partial charge is 0.393 e. The molecule has 8 heteroatoms. The van der Waals surface area contributed by atoms with E-state index in [1.165, 1.54) is 11.3 Å². The van der Waals surface area contributed by atoms with Crippen molar-refractivity contribution in [3.8, 4) is 0 Å². The highest BCUT2D eigenvalue weighted by Gasteiger charge is 2.24. The number of aliphatic hydroxyl groups is 1. The number of nitrogen functional groups attached to an aromatic ring is 1. The van der Waals surface area contributed by atoms with Crippen LogP contribution in [0.1, 0.15) is 35.9 Å². The van der Waals surface area contributed by atoms with Crippen molar-refractivity contribution < 1.29 is 9.90 Å².